The van der Waals surface area contributed by atoms with Gasteiger partial charge in [-0.2, -0.15) is 0 Å². The van der Waals surface area contributed by atoms with Gasteiger partial charge in [0.1, 0.15) is 7.05 Å². The van der Waals surface area contributed by atoms with Crippen LogP contribution in [-0.4, -0.2) is 44.7 Å². The molecule has 1 aromatic carbocycles. The topological polar surface area (TPSA) is 89.8 Å². The molecular weight excluding hydrogens is 602 g/mol. The zero-order valence-corrected chi connectivity index (χ0v) is 30.7. The molecule has 8 heteroatoms. The molecule has 0 aliphatic carbocycles. The number of hydrogen-bond donors (Lipinski definition) is 2. The fraction of sp³-hybridized carbons (Fsp3) is 0.675. The van der Waals surface area contributed by atoms with Gasteiger partial charge in [-0.1, -0.05) is 117 Å². The number of amides is 2. The first-order valence-corrected chi connectivity index (χ1v) is 19.1. The van der Waals surface area contributed by atoms with E-state index in [0.29, 0.717) is 61.3 Å². The van der Waals surface area contributed by atoms with Crippen LogP contribution in [0.1, 0.15) is 157 Å². The van der Waals surface area contributed by atoms with Crippen LogP contribution < -0.4 is 29.4 Å². The van der Waals surface area contributed by atoms with E-state index in [1.807, 2.05) is 24.0 Å². The normalized spacial score (nSPS) is 10.9. The van der Waals surface area contributed by atoms with E-state index in [-0.39, 0.29) is 11.8 Å². The van der Waals surface area contributed by atoms with Gasteiger partial charge in [-0.15, -0.1) is 0 Å². The van der Waals surface area contributed by atoms with Gasteiger partial charge in [0, 0.05) is 30.8 Å². The van der Waals surface area contributed by atoms with Gasteiger partial charge < -0.3 is 24.8 Å². The summed E-state index contributed by atoms with van der Waals surface area (Å²) >= 11 is 0. The first-order valence-electron chi connectivity index (χ1n) is 19.1. The first-order chi connectivity index (χ1) is 23.5. The number of rotatable bonds is 29. The summed E-state index contributed by atoms with van der Waals surface area (Å²) in [5.41, 5.74) is 1.04. The van der Waals surface area contributed by atoms with Crippen molar-refractivity contribution in [3.8, 4) is 17.2 Å². The van der Waals surface area contributed by atoms with Crippen LogP contribution in [0.5, 0.6) is 17.2 Å². The van der Waals surface area contributed by atoms with Crippen LogP contribution in [0.3, 0.4) is 0 Å². The van der Waals surface area contributed by atoms with Gasteiger partial charge in [0.15, 0.2) is 23.9 Å². The fourth-order valence-electron chi connectivity index (χ4n) is 5.46. The lowest BCUT2D eigenvalue weighted by Crippen LogP contribution is -2.35. The van der Waals surface area contributed by atoms with Crippen LogP contribution >= 0.6 is 0 Å². The number of carbonyl (C=O) groups excluding carboxylic acids is 2. The lowest BCUT2D eigenvalue weighted by Gasteiger charge is -2.19. The number of carbonyl (C=O) groups is 2. The molecule has 270 valence electrons. The second kappa shape index (κ2) is 26.6. The van der Waals surface area contributed by atoms with Crippen molar-refractivity contribution in [2.75, 3.05) is 32.9 Å². The summed E-state index contributed by atoms with van der Waals surface area (Å²) < 4.78 is 20.9. The Morgan fingerprint density at radius 1 is 0.542 bits per heavy atom. The Kier molecular flexibility index (Phi) is 22.7. The molecule has 0 unspecified atom stereocenters. The van der Waals surface area contributed by atoms with Crippen molar-refractivity contribution >= 4 is 11.8 Å². The predicted molar refractivity (Wildman–Crippen MR) is 195 cm³/mol. The summed E-state index contributed by atoms with van der Waals surface area (Å²) in [6.07, 6.45) is 24.7. The van der Waals surface area contributed by atoms with Gasteiger partial charge in [0.05, 0.1) is 25.4 Å². The van der Waals surface area contributed by atoms with Crippen LogP contribution in [0.4, 0.5) is 0 Å². The van der Waals surface area contributed by atoms with E-state index >= 15 is 0 Å². The zero-order chi connectivity index (χ0) is 34.7. The Morgan fingerprint density at radius 2 is 0.917 bits per heavy atom. The van der Waals surface area contributed by atoms with E-state index in [1.54, 1.807) is 24.3 Å². The molecule has 0 bridgehead atoms. The number of nitrogens with zero attached hydrogens (tertiary/aromatic N) is 1. The van der Waals surface area contributed by atoms with E-state index < -0.39 is 0 Å². The van der Waals surface area contributed by atoms with Gasteiger partial charge in [-0.05, 0) is 31.4 Å². The molecule has 1 aromatic heterocycles. The maximum absolute atomic E-state index is 13.4. The van der Waals surface area contributed by atoms with E-state index in [0.717, 1.165) is 38.5 Å². The number of pyridine rings is 1. The lowest BCUT2D eigenvalue weighted by molar-refractivity contribution is -0.671. The number of aryl methyl sites for hydroxylation is 1. The summed E-state index contributed by atoms with van der Waals surface area (Å²) in [7, 11) is 1.90. The zero-order valence-electron chi connectivity index (χ0n) is 30.7. The SMILES string of the molecule is CCCCCCCCOc1cc(C(=O)NCCNC(=O)c2cc[n+](C)cc2)cc(OCCCCCCCC)c1OCCCCCCCC. The molecule has 48 heavy (non-hydrogen) atoms. The second-order valence-corrected chi connectivity index (χ2v) is 12.9. The van der Waals surface area contributed by atoms with Crippen LogP contribution in [0.2, 0.25) is 0 Å². The molecule has 0 fully saturated rings. The molecule has 0 saturated carbocycles. The first kappa shape index (κ1) is 40.9. The predicted octanol–water partition coefficient (Wildman–Crippen LogP) is 8.89. The molecule has 0 spiro atoms. The second-order valence-electron chi connectivity index (χ2n) is 12.9. The molecule has 0 aliphatic heterocycles. The minimum absolute atomic E-state index is 0.174. The van der Waals surface area contributed by atoms with Crippen molar-refractivity contribution in [1.82, 2.24) is 10.6 Å². The van der Waals surface area contributed by atoms with Crippen LogP contribution in [0.25, 0.3) is 0 Å². The highest BCUT2D eigenvalue weighted by molar-refractivity contribution is 5.96. The standard InChI is InChI=1S/C40H65N3O5/c1-5-8-11-14-17-20-29-46-36-32-35(40(45)42-26-25-41-39(44)34-23-27-43(4)28-24-34)33-37(47-30-21-18-15-12-9-6-2)38(36)48-31-22-19-16-13-10-7-3/h23-24,27-28,32-33H,5-22,25-26,29-31H2,1-4H3,(H-,41,42,44,45)/p+1. The maximum atomic E-state index is 13.4. The van der Waals surface area contributed by atoms with Crippen LogP contribution in [0, 0.1) is 0 Å². The van der Waals surface area contributed by atoms with Gasteiger partial charge in [0.25, 0.3) is 11.8 Å². The monoisotopic (exact) mass is 668 g/mol. The fourth-order valence-corrected chi connectivity index (χ4v) is 5.46. The summed E-state index contributed by atoms with van der Waals surface area (Å²) in [6, 6.07) is 7.10. The summed E-state index contributed by atoms with van der Waals surface area (Å²) in [5.74, 6) is 1.30. The Labute approximate surface area is 291 Å². The highest BCUT2D eigenvalue weighted by Gasteiger charge is 2.19. The summed E-state index contributed by atoms with van der Waals surface area (Å²) in [6.45, 7) is 9.00. The quantitative estimate of drug-likeness (QED) is 0.0668. The molecule has 0 aliphatic rings. The average Bonchev–Trinajstić information content (AvgIpc) is 3.09. The lowest BCUT2D eigenvalue weighted by atomic mass is 10.1. The van der Waals surface area contributed by atoms with Crippen molar-refractivity contribution in [3.05, 3.63) is 47.8 Å². The molecule has 2 rings (SSSR count). The highest BCUT2D eigenvalue weighted by Crippen LogP contribution is 2.39. The molecule has 2 amide bonds. The van der Waals surface area contributed by atoms with Crippen molar-refractivity contribution < 1.29 is 28.4 Å². The number of ether oxygens (including phenoxy) is 3. The van der Waals surface area contributed by atoms with Crippen LogP contribution in [-0.2, 0) is 7.05 Å². The van der Waals surface area contributed by atoms with Crippen molar-refractivity contribution in [3.63, 3.8) is 0 Å². The van der Waals surface area contributed by atoms with E-state index in [9.17, 15) is 9.59 Å². The van der Waals surface area contributed by atoms with Gasteiger partial charge >= 0.3 is 0 Å². The number of nitrogens with one attached hydrogen (secondary N) is 2. The largest absolute Gasteiger partial charge is 0.490 e. The number of hydrogen-bond acceptors (Lipinski definition) is 5. The number of benzene rings is 1. The molecule has 8 nitrogen and oxygen atoms in total. The molecule has 0 saturated heterocycles. The summed E-state index contributed by atoms with van der Waals surface area (Å²) in [4.78, 5) is 25.9. The molecule has 2 N–H and O–H groups in total. The highest BCUT2D eigenvalue weighted by atomic mass is 16.5. The third-order valence-electron chi connectivity index (χ3n) is 8.47. The van der Waals surface area contributed by atoms with Crippen molar-refractivity contribution in [1.29, 1.82) is 0 Å². The van der Waals surface area contributed by atoms with Gasteiger partial charge in [-0.25, -0.2) is 4.57 Å². The molecular formula is C40H66N3O5+. The Hall–Kier alpha value is -3.29. The molecule has 0 radical (unpaired) electrons. The van der Waals surface area contributed by atoms with E-state index in [1.165, 1.54) is 77.0 Å². The maximum Gasteiger partial charge on any atom is 0.251 e. The minimum Gasteiger partial charge on any atom is -0.490 e. The van der Waals surface area contributed by atoms with Crippen LogP contribution in [0.15, 0.2) is 36.7 Å². The van der Waals surface area contributed by atoms with Gasteiger partial charge in [0.2, 0.25) is 5.75 Å². The number of unbranched alkanes of at least 4 members (excludes halogenated alkanes) is 15. The molecule has 0 atom stereocenters. The Bertz CT molecular complexity index is 1100. The summed E-state index contributed by atoms with van der Waals surface area (Å²) in [5, 5.41) is 5.82. The Morgan fingerprint density at radius 3 is 1.35 bits per heavy atom. The molecule has 2 aromatic rings. The smallest absolute Gasteiger partial charge is 0.251 e. The number of aromatic nitrogens is 1. The third kappa shape index (κ3) is 17.7. The van der Waals surface area contributed by atoms with Crippen molar-refractivity contribution in [2.24, 2.45) is 7.05 Å². The third-order valence-corrected chi connectivity index (χ3v) is 8.47. The van der Waals surface area contributed by atoms with Crippen molar-refractivity contribution in [2.45, 2.75) is 136 Å². The van der Waals surface area contributed by atoms with Gasteiger partial charge in [-0.3, -0.25) is 9.59 Å². The van der Waals surface area contributed by atoms with E-state index in [2.05, 4.69) is 31.4 Å². The average molecular weight is 669 g/mol. The Balaban J connectivity index is 2.12. The molecule has 1 heterocycles. The van der Waals surface area contributed by atoms with E-state index in [4.69, 9.17) is 14.2 Å². The minimum atomic E-state index is -0.243.